The lowest BCUT2D eigenvalue weighted by atomic mass is 10.3. The molecule has 1 aromatic rings. The summed E-state index contributed by atoms with van der Waals surface area (Å²) in [5.41, 5.74) is 0.930. The Kier molecular flexibility index (Phi) is 7.28. The molecule has 1 N–H and O–H groups in total. The summed E-state index contributed by atoms with van der Waals surface area (Å²) in [6, 6.07) is 5.72. The van der Waals surface area contributed by atoms with Gasteiger partial charge in [-0.25, -0.2) is 4.79 Å². The summed E-state index contributed by atoms with van der Waals surface area (Å²) in [7, 11) is 1.62. The summed E-state index contributed by atoms with van der Waals surface area (Å²) in [5, 5.41) is 3.17. The molecule has 0 fully saturated rings. The average Bonchev–Trinajstić information content (AvgIpc) is 2.40. The first-order valence-corrected chi connectivity index (χ1v) is 6.77. The van der Waals surface area contributed by atoms with Gasteiger partial charge in [0.25, 0.3) is 0 Å². The van der Waals surface area contributed by atoms with E-state index in [2.05, 4.69) is 21.2 Å². The smallest absolute Gasteiger partial charge is 0.332 e. The Morgan fingerprint density at radius 2 is 2.21 bits per heavy atom. The summed E-state index contributed by atoms with van der Waals surface area (Å²) in [4.78, 5) is 11.0. The first-order valence-electron chi connectivity index (χ1n) is 5.98. The van der Waals surface area contributed by atoms with Gasteiger partial charge in [0.2, 0.25) is 0 Å². The molecule has 0 saturated carbocycles. The number of carbonyl (C=O) groups excluding carboxylic acids is 1. The van der Waals surface area contributed by atoms with Gasteiger partial charge in [0.1, 0.15) is 12.4 Å². The second kappa shape index (κ2) is 8.77. The van der Waals surface area contributed by atoms with Gasteiger partial charge in [-0.1, -0.05) is 0 Å². The van der Waals surface area contributed by atoms with Crippen molar-refractivity contribution < 1.29 is 19.0 Å². The number of ether oxygens (including phenoxy) is 3. The number of anilines is 1. The highest BCUT2D eigenvalue weighted by atomic mass is 79.9. The monoisotopic (exact) mass is 331 g/mol. The molecule has 0 aliphatic heterocycles. The van der Waals surface area contributed by atoms with Crippen LogP contribution in [-0.4, -0.2) is 39.4 Å². The van der Waals surface area contributed by atoms with Gasteiger partial charge in [0, 0.05) is 18.3 Å². The molecule has 0 heterocycles. The van der Waals surface area contributed by atoms with E-state index >= 15 is 0 Å². The van der Waals surface area contributed by atoms with Crippen LogP contribution in [0.3, 0.4) is 0 Å². The number of benzene rings is 1. The summed E-state index contributed by atoms with van der Waals surface area (Å²) in [6.45, 7) is 3.15. The van der Waals surface area contributed by atoms with Gasteiger partial charge in [0.05, 0.1) is 24.8 Å². The van der Waals surface area contributed by atoms with Crippen molar-refractivity contribution in [3.05, 3.63) is 22.7 Å². The highest BCUT2D eigenvalue weighted by Gasteiger charge is 2.02. The Bertz CT molecular complexity index is 412. The summed E-state index contributed by atoms with van der Waals surface area (Å²) in [5.74, 6) is 0.422. The Morgan fingerprint density at radius 3 is 2.89 bits per heavy atom. The third kappa shape index (κ3) is 5.94. The number of rotatable bonds is 8. The molecule has 19 heavy (non-hydrogen) atoms. The van der Waals surface area contributed by atoms with E-state index in [9.17, 15) is 4.79 Å². The molecule has 0 bridgehead atoms. The van der Waals surface area contributed by atoms with E-state index in [0.29, 0.717) is 19.8 Å². The number of hydrogen-bond acceptors (Lipinski definition) is 5. The maximum atomic E-state index is 11.0. The maximum absolute atomic E-state index is 11.0. The standard InChI is InChI=1S/C13H18BrNO4/c1-3-19-13(16)9-18-7-6-15-10-4-5-11(14)12(8-10)17-2/h4-5,8,15H,3,6-7,9H2,1-2H3. The van der Waals surface area contributed by atoms with E-state index in [-0.39, 0.29) is 12.6 Å². The lowest BCUT2D eigenvalue weighted by Crippen LogP contribution is -2.16. The van der Waals surface area contributed by atoms with E-state index in [4.69, 9.17) is 14.2 Å². The molecule has 0 spiro atoms. The topological polar surface area (TPSA) is 56.8 Å². The second-order valence-corrected chi connectivity index (χ2v) is 4.49. The molecule has 5 nitrogen and oxygen atoms in total. The first kappa shape index (κ1) is 15.8. The fourth-order valence-electron chi connectivity index (χ4n) is 1.40. The summed E-state index contributed by atoms with van der Waals surface area (Å²) >= 11 is 3.39. The van der Waals surface area contributed by atoms with Crippen molar-refractivity contribution >= 4 is 27.6 Å². The molecule has 106 valence electrons. The zero-order valence-electron chi connectivity index (χ0n) is 11.1. The SMILES string of the molecule is CCOC(=O)COCCNc1ccc(Br)c(OC)c1. The van der Waals surface area contributed by atoms with Crippen LogP contribution >= 0.6 is 15.9 Å². The molecular formula is C13H18BrNO4. The molecule has 0 atom stereocenters. The van der Waals surface area contributed by atoms with Gasteiger partial charge >= 0.3 is 5.97 Å². The van der Waals surface area contributed by atoms with Crippen molar-refractivity contribution in [2.75, 3.05) is 38.8 Å². The molecule has 0 aliphatic rings. The van der Waals surface area contributed by atoms with Crippen molar-refractivity contribution in [1.29, 1.82) is 0 Å². The molecule has 1 aromatic carbocycles. The Balaban J connectivity index is 2.24. The van der Waals surface area contributed by atoms with Crippen molar-refractivity contribution in [3.63, 3.8) is 0 Å². The van der Waals surface area contributed by atoms with Gasteiger partial charge < -0.3 is 19.5 Å². The summed E-state index contributed by atoms with van der Waals surface area (Å²) in [6.07, 6.45) is 0. The predicted octanol–water partition coefficient (Wildman–Crippen LogP) is 2.45. The van der Waals surface area contributed by atoms with Crippen LogP contribution in [0.15, 0.2) is 22.7 Å². The van der Waals surface area contributed by atoms with Crippen molar-refractivity contribution in [2.45, 2.75) is 6.92 Å². The first-order chi connectivity index (χ1) is 9.17. The largest absolute Gasteiger partial charge is 0.495 e. The number of methoxy groups -OCH3 is 1. The molecule has 1 rings (SSSR count). The van der Waals surface area contributed by atoms with E-state index in [1.807, 2.05) is 18.2 Å². The number of nitrogens with one attached hydrogen (secondary N) is 1. The van der Waals surface area contributed by atoms with E-state index in [1.165, 1.54) is 0 Å². The average molecular weight is 332 g/mol. The second-order valence-electron chi connectivity index (χ2n) is 3.63. The third-order valence-corrected chi connectivity index (χ3v) is 2.91. The van der Waals surface area contributed by atoms with Crippen LogP contribution < -0.4 is 10.1 Å². The quantitative estimate of drug-likeness (QED) is 0.585. The Hall–Kier alpha value is -1.27. The van der Waals surface area contributed by atoms with Crippen LogP contribution in [0.25, 0.3) is 0 Å². The van der Waals surface area contributed by atoms with Crippen LogP contribution in [0.5, 0.6) is 5.75 Å². The van der Waals surface area contributed by atoms with Gasteiger partial charge in [-0.05, 0) is 35.0 Å². The number of carbonyl (C=O) groups is 1. The summed E-state index contributed by atoms with van der Waals surface area (Å²) < 4.78 is 16.0. The molecule has 0 unspecified atom stereocenters. The molecular weight excluding hydrogens is 314 g/mol. The van der Waals surface area contributed by atoms with Crippen LogP contribution in [0.4, 0.5) is 5.69 Å². The van der Waals surface area contributed by atoms with Crippen molar-refractivity contribution in [1.82, 2.24) is 0 Å². The molecule has 0 amide bonds. The highest BCUT2D eigenvalue weighted by molar-refractivity contribution is 9.10. The van der Waals surface area contributed by atoms with Crippen molar-refractivity contribution in [2.24, 2.45) is 0 Å². The highest BCUT2D eigenvalue weighted by Crippen LogP contribution is 2.27. The minimum absolute atomic E-state index is 0.0147. The van der Waals surface area contributed by atoms with Gasteiger partial charge in [0.15, 0.2) is 0 Å². The zero-order chi connectivity index (χ0) is 14.1. The van der Waals surface area contributed by atoms with Gasteiger partial charge in [-0.2, -0.15) is 0 Å². The molecule has 0 saturated heterocycles. The van der Waals surface area contributed by atoms with Crippen LogP contribution in [0.2, 0.25) is 0 Å². The Morgan fingerprint density at radius 1 is 1.42 bits per heavy atom. The van der Waals surface area contributed by atoms with Gasteiger partial charge in [-0.15, -0.1) is 0 Å². The minimum atomic E-state index is -0.340. The molecule has 0 aliphatic carbocycles. The zero-order valence-corrected chi connectivity index (χ0v) is 12.7. The molecule has 6 heteroatoms. The number of halogens is 1. The third-order valence-electron chi connectivity index (χ3n) is 2.25. The lowest BCUT2D eigenvalue weighted by molar-refractivity contribution is -0.148. The maximum Gasteiger partial charge on any atom is 0.332 e. The number of hydrogen-bond donors (Lipinski definition) is 1. The fourth-order valence-corrected chi connectivity index (χ4v) is 1.80. The molecule has 0 radical (unpaired) electrons. The lowest BCUT2D eigenvalue weighted by Gasteiger charge is -2.09. The van der Waals surface area contributed by atoms with Gasteiger partial charge in [-0.3, -0.25) is 0 Å². The predicted molar refractivity (Wildman–Crippen MR) is 76.6 cm³/mol. The van der Waals surface area contributed by atoms with Crippen molar-refractivity contribution in [3.8, 4) is 5.75 Å². The van der Waals surface area contributed by atoms with E-state index in [1.54, 1.807) is 14.0 Å². The Labute approximate surface area is 121 Å². The number of esters is 1. The molecule has 0 aromatic heterocycles. The normalized spacial score (nSPS) is 10.1. The van der Waals surface area contributed by atoms with Crippen LogP contribution in [0.1, 0.15) is 6.92 Å². The van der Waals surface area contributed by atoms with Crippen LogP contribution in [-0.2, 0) is 14.3 Å². The van der Waals surface area contributed by atoms with E-state index < -0.39 is 0 Å². The minimum Gasteiger partial charge on any atom is -0.495 e. The van der Waals surface area contributed by atoms with E-state index in [0.717, 1.165) is 15.9 Å². The van der Waals surface area contributed by atoms with Crippen LogP contribution in [0, 0.1) is 0 Å². The fraction of sp³-hybridized carbons (Fsp3) is 0.462.